The van der Waals surface area contributed by atoms with Crippen LogP contribution in [-0.4, -0.2) is 16.0 Å². The van der Waals surface area contributed by atoms with Gasteiger partial charge in [-0.25, -0.2) is 9.97 Å². The molecule has 0 saturated heterocycles. The largest absolute Gasteiger partial charge is 0.308 e. The van der Waals surface area contributed by atoms with Gasteiger partial charge in [0.15, 0.2) is 5.82 Å². The second-order valence-corrected chi connectivity index (χ2v) is 6.70. The number of benzene rings is 1. The van der Waals surface area contributed by atoms with Gasteiger partial charge in [-0.15, -0.1) is 0 Å². The van der Waals surface area contributed by atoms with Gasteiger partial charge in [0.05, 0.1) is 5.69 Å². The molecular formula is C17H20BrN3. The zero-order valence-corrected chi connectivity index (χ0v) is 14.3. The van der Waals surface area contributed by atoms with Crippen LogP contribution in [0.5, 0.6) is 0 Å². The first-order valence-electron chi connectivity index (χ1n) is 7.38. The van der Waals surface area contributed by atoms with E-state index in [4.69, 9.17) is 4.98 Å². The van der Waals surface area contributed by atoms with Crippen molar-refractivity contribution in [3.8, 4) is 11.4 Å². The highest BCUT2D eigenvalue weighted by atomic mass is 79.9. The van der Waals surface area contributed by atoms with Crippen molar-refractivity contribution in [2.45, 2.75) is 46.2 Å². The summed E-state index contributed by atoms with van der Waals surface area (Å²) in [5.41, 5.74) is 5.61. The van der Waals surface area contributed by atoms with Crippen molar-refractivity contribution in [2.75, 3.05) is 0 Å². The van der Waals surface area contributed by atoms with Crippen LogP contribution < -0.4 is 5.32 Å². The van der Waals surface area contributed by atoms with Crippen molar-refractivity contribution in [3.63, 3.8) is 0 Å². The molecule has 1 aromatic carbocycles. The van der Waals surface area contributed by atoms with Crippen molar-refractivity contribution in [1.29, 1.82) is 0 Å². The zero-order valence-electron chi connectivity index (χ0n) is 12.7. The number of rotatable bonds is 4. The fraction of sp³-hybridized carbons (Fsp3) is 0.412. The minimum atomic E-state index is 0.695. The Balaban J connectivity index is 1.93. The van der Waals surface area contributed by atoms with Crippen molar-refractivity contribution in [1.82, 2.24) is 15.3 Å². The van der Waals surface area contributed by atoms with Gasteiger partial charge in [0.25, 0.3) is 0 Å². The topological polar surface area (TPSA) is 37.8 Å². The van der Waals surface area contributed by atoms with E-state index in [0.29, 0.717) is 6.04 Å². The van der Waals surface area contributed by atoms with E-state index < -0.39 is 0 Å². The molecule has 0 amide bonds. The van der Waals surface area contributed by atoms with Crippen molar-refractivity contribution >= 4 is 15.9 Å². The lowest BCUT2D eigenvalue weighted by Crippen LogP contribution is -2.16. The summed E-state index contributed by atoms with van der Waals surface area (Å²) in [7, 11) is 0. The van der Waals surface area contributed by atoms with Gasteiger partial charge in [-0.1, -0.05) is 15.9 Å². The molecule has 1 aliphatic rings. The minimum Gasteiger partial charge on any atom is -0.308 e. The van der Waals surface area contributed by atoms with Gasteiger partial charge in [-0.05, 0) is 62.9 Å². The molecule has 1 N–H and O–H groups in total. The Kier molecular flexibility index (Phi) is 4.09. The van der Waals surface area contributed by atoms with Crippen LogP contribution in [0.25, 0.3) is 11.4 Å². The highest BCUT2D eigenvalue weighted by Gasteiger charge is 2.20. The lowest BCUT2D eigenvalue weighted by atomic mass is 10.1. The van der Waals surface area contributed by atoms with Crippen molar-refractivity contribution < 1.29 is 0 Å². The quantitative estimate of drug-likeness (QED) is 0.906. The van der Waals surface area contributed by atoms with Gasteiger partial charge < -0.3 is 5.32 Å². The fourth-order valence-corrected chi connectivity index (χ4v) is 2.69. The van der Waals surface area contributed by atoms with Crippen LogP contribution in [0.3, 0.4) is 0 Å². The van der Waals surface area contributed by atoms with Gasteiger partial charge in [0.2, 0.25) is 0 Å². The van der Waals surface area contributed by atoms with Crippen LogP contribution in [0, 0.1) is 20.8 Å². The molecule has 21 heavy (non-hydrogen) atoms. The molecule has 110 valence electrons. The van der Waals surface area contributed by atoms with Gasteiger partial charge in [-0.3, -0.25) is 0 Å². The van der Waals surface area contributed by atoms with Gasteiger partial charge in [-0.2, -0.15) is 0 Å². The second kappa shape index (κ2) is 5.85. The normalized spacial score (nSPS) is 14.5. The van der Waals surface area contributed by atoms with Crippen LogP contribution in [-0.2, 0) is 6.54 Å². The van der Waals surface area contributed by atoms with E-state index in [9.17, 15) is 0 Å². The summed E-state index contributed by atoms with van der Waals surface area (Å²) >= 11 is 3.61. The summed E-state index contributed by atoms with van der Waals surface area (Å²) in [5.74, 6) is 0.821. The summed E-state index contributed by atoms with van der Waals surface area (Å²) in [5, 5.41) is 3.51. The first-order chi connectivity index (χ1) is 10.0. The molecule has 0 unspecified atom stereocenters. The standard InChI is InChI=1S/C17H20BrN3/c1-10-6-13(7-11(2)16(10)18)17-20-12(3)8-15(21-17)9-19-14-4-5-14/h6-8,14,19H,4-5,9H2,1-3H3. The molecule has 3 rings (SSSR count). The monoisotopic (exact) mass is 345 g/mol. The molecule has 0 bridgehead atoms. The predicted octanol–water partition coefficient (Wildman–Crippen LogP) is 4.08. The molecule has 0 spiro atoms. The van der Waals surface area contributed by atoms with Crippen LogP contribution in [0.4, 0.5) is 0 Å². The van der Waals surface area contributed by atoms with Crippen molar-refractivity contribution in [3.05, 3.63) is 45.2 Å². The van der Waals surface area contributed by atoms with Crippen LogP contribution in [0.2, 0.25) is 0 Å². The maximum absolute atomic E-state index is 4.73. The van der Waals surface area contributed by atoms with Crippen LogP contribution in [0.1, 0.15) is 35.4 Å². The number of nitrogens with zero attached hydrogens (tertiary/aromatic N) is 2. The molecule has 1 aromatic heterocycles. The summed E-state index contributed by atoms with van der Waals surface area (Å²) in [6.45, 7) is 7.07. The molecule has 0 radical (unpaired) electrons. The van der Waals surface area contributed by atoms with E-state index in [1.54, 1.807) is 0 Å². The number of hydrogen-bond donors (Lipinski definition) is 1. The molecule has 1 saturated carbocycles. The molecule has 2 aromatic rings. The lowest BCUT2D eigenvalue weighted by Gasteiger charge is -2.10. The number of aromatic nitrogens is 2. The average molecular weight is 346 g/mol. The molecule has 1 aliphatic carbocycles. The van der Waals surface area contributed by atoms with E-state index in [-0.39, 0.29) is 0 Å². The summed E-state index contributed by atoms with van der Waals surface area (Å²) in [6.07, 6.45) is 2.59. The maximum Gasteiger partial charge on any atom is 0.159 e. The third kappa shape index (κ3) is 3.50. The zero-order chi connectivity index (χ0) is 15.0. The summed E-state index contributed by atoms with van der Waals surface area (Å²) in [6, 6.07) is 7.05. The van der Waals surface area contributed by atoms with Gasteiger partial charge in [0.1, 0.15) is 0 Å². The van der Waals surface area contributed by atoms with Gasteiger partial charge in [0, 0.05) is 28.3 Å². The summed E-state index contributed by atoms with van der Waals surface area (Å²) in [4.78, 5) is 9.33. The third-order valence-corrected chi connectivity index (χ3v) is 5.00. The van der Waals surface area contributed by atoms with Crippen molar-refractivity contribution in [2.24, 2.45) is 0 Å². The molecule has 1 heterocycles. The molecular weight excluding hydrogens is 326 g/mol. The average Bonchev–Trinajstić information content (AvgIpc) is 3.25. The number of hydrogen-bond acceptors (Lipinski definition) is 3. The van der Waals surface area contributed by atoms with Gasteiger partial charge >= 0.3 is 0 Å². The Bertz CT molecular complexity index is 655. The Morgan fingerprint density at radius 1 is 1.10 bits per heavy atom. The van der Waals surface area contributed by atoms with E-state index >= 15 is 0 Å². The highest BCUT2D eigenvalue weighted by molar-refractivity contribution is 9.10. The molecule has 0 atom stereocenters. The second-order valence-electron chi connectivity index (χ2n) is 5.90. The Morgan fingerprint density at radius 3 is 2.38 bits per heavy atom. The Labute approximate surface area is 134 Å². The third-order valence-electron chi connectivity index (χ3n) is 3.75. The van der Waals surface area contributed by atoms with E-state index in [0.717, 1.165) is 33.8 Å². The predicted molar refractivity (Wildman–Crippen MR) is 89.2 cm³/mol. The van der Waals surface area contributed by atoms with E-state index in [1.165, 1.54) is 24.0 Å². The molecule has 0 aliphatic heterocycles. The first kappa shape index (κ1) is 14.7. The SMILES string of the molecule is Cc1cc(CNC2CC2)nc(-c2cc(C)c(Br)c(C)c2)n1. The smallest absolute Gasteiger partial charge is 0.159 e. The van der Waals surface area contributed by atoms with E-state index in [1.807, 2.05) is 6.92 Å². The number of aryl methyl sites for hydroxylation is 3. The van der Waals surface area contributed by atoms with Crippen LogP contribution in [0.15, 0.2) is 22.7 Å². The number of halogens is 1. The number of nitrogens with one attached hydrogen (secondary N) is 1. The van der Waals surface area contributed by atoms with Crippen LogP contribution >= 0.6 is 15.9 Å². The molecule has 4 heteroatoms. The Morgan fingerprint density at radius 2 is 1.76 bits per heavy atom. The first-order valence-corrected chi connectivity index (χ1v) is 8.17. The Hall–Kier alpha value is -1.26. The molecule has 3 nitrogen and oxygen atoms in total. The maximum atomic E-state index is 4.73. The lowest BCUT2D eigenvalue weighted by molar-refractivity contribution is 0.672. The van der Waals surface area contributed by atoms with E-state index in [2.05, 4.69) is 58.3 Å². The fourth-order valence-electron chi connectivity index (χ4n) is 2.46. The minimum absolute atomic E-state index is 0.695. The molecule has 1 fully saturated rings. The highest BCUT2D eigenvalue weighted by Crippen LogP contribution is 2.27. The summed E-state index contributed by atoms with van der Waals surface area (Å²) < 4.78 is 1.16.